The molecule has 2 unspecified atom stereocenters. The molecule has 1 amide bonds. The van der Waals surface area contributed by atoms with Crippen LogP contribution in [-0.2, 0) is 9.59 Å². The van der Waals surface area contributed by atoms with Crippen molar-refractivity contribution in [1.29, 1.82) is 0 Å². The van der Waals surface area contributed by atoms with Gasteiger partial charge in [0.1, 0.15) is 5.78 Å². The third kappa shape index (κ3) is 13.6. The van der Waals surface area contributed by atoms with Crippen LogP contribution < -0.4 is 10.6 Å². The molecule has 0 aromatic heterocycles. The zero-order chi connectivity index (χ0) is 17.7. The highest BCUT2D eigenvalue weighted by atomic mass is 32.1. The van der Waals surface area contributed by atoms with E-state index in [1.54, 1.807) is 0 Å². The van der Waals surface area contributed by atoms with Gasteiger partial charge in [-0.05, 0) is 38.5 Å². The molecule has 5 heteroatoms. The first-order chi connectivity index (χ1) is 10.9. The molecule has 0 saturated heterocycles. The first-order valence-corrected chi connectivity index (χ1v) is 9.62. The quantitative estimate of drug-likeness (QED) is 0.256. The van der Waals surface area contributed by atoms with Gasteiger partial charge in [-0.15, -0.1) is 0 Å². The first-order valence-electron chi connectivity index (χ1n) is 9.10. The largest absolute Gasteiger partial charge is 0.356 e. The smallest absolute Gasteiger partial charge is 0.219 e. The molecule has 0 saturated carbocycles. The van der Waals surface area contributed by atoms with Crippen molar-refractivity contribution in [2.45, 2.75) is 90.5 Å². The summed E-state index contributed by atoms with van der Waals surface area (Å²) in [5.74, 6) is 1.10. The average Bonchev–Trinajstić information content (AvgIpc) is 2.48. The average molecular weight is 345 g/mol. The molecule has 136 valence electrons. The number of thiol groups is 1. The van der Waals surface area contributed by atoms with Crippen molar-refractivity contribution in [3.05, 3.63) is 0 Å². The van der Waals surface area contributed by atoms with Crippen molar-refractivity contribution in [1.82, 2.24) is 10.6 Å². The minimum absolute atomic E-state index is 0.0149. The second-order valence-corrected chi connectivity index (χ2v) is 7.48. The van der Waals surface area contributed by atoms with Crippen LogP contribution in [0.2, 0.25) is 0 Å². The molecule has 4 nitrogen and oxygen atoms in total. The van der Waals surface area contributed by atoms with E-state index in [0.717, 1.165) is 32.1 Å². The molecule has 0 aromatic carbocycles. The van der Waals surface area contributed by atoms with E-state index in [-0.39, 0.29) is 23.1 Å². The third-order valence-electron chi connectivity index (χ3n) is 3.86. The molecule has 0 radical (unpaired) electrons. The van der Waals surface area contributed by atoms with Crippen molar-refractivity contribution in [2.75, 3.05) is 6.54 Å². The molecule has 0 rings (SSSR count). The Balaban J connectivity index is 3.72. The molecule has 0 fully saturated rings. The van der Waals surface area contributed by atoms with Crippen LogP contribution in [0.25, 0.3) is 0 Å². The van der Waals surface area contributed by atoms with Gasteiger partial charge in [0, 0.05) is 24.8 Å². The van der Waals surface area contributed by atoms with E-state index in [1.165, 1.54) is 6.42 Å². The van der Waals surface area contributed by atoms with E-state index >= 15 is 0 Å². The number of ketones is 1. The van der Waals surface area contributed by atoms with Crippen LogP contribution >= 0.6 is 12.6 Å². The number of carbonyl (C=O) groups is 2. The highest BCUT2D eigenvalue weighted by Crippen LogP contribution is 2.08. The van der Waals surface area contributed by atoms with Crippen LogP contribution in [-0.4, -0.2) is 29.7 Å². The van der Waals surface area contributed by atoms with Crippen molar-refractivity contribution >= 4 is 24.3 Å². The van der Waals surface area contributed by atoms with E-state index < -0.39 is 0 Å². The maximum atomic E-state index is 11.8. The lowest BCUT2D eigenvalue weighted by Gasteiger charge is -2.19. The Morgan fingerprint density at radius 2 is 1.65 bits per heavy atom. The van der Waals surface area contributed by atoms with Gasteiger partial charge in [-0.3, -0.25) is 14.9 Å². The Morgan fingerprint density at radius 3 is 2.22 bits per heavy atom. The summed E-state index contributed by atoms with van der Waals surface area (Å²) in [4.78, 5) is 23.5. The topological polar surface area (TPSA) is 58.2 Å². The number of unbranched alkanes of at least 4 members (excludes halogenated alkanes) is 2. The summed E-state index contributed by atoms with van der Waals surface area (Å²) in [5.41, 5.74) is 0. The summed E-state index contributed by atoms with van der Waals surface area (Å²) in [6.45, 7) is 8.94. The second-order valence-electron chi connectivity index (χ2n) is 6.70. The van der Waals surface area contributed by atoms with Crippen molar-refractivity contribution in [3.8, 4) is 0 Å². The van der Waals surface area contributed by atoms with Crippen LogP contribution in [0.3, 0.4) is 0 Å². The predicted octanol–water partition coefficient (Wildman–Crippen LogP) is 3.70. The molecule has 0 bridgehead atoms. The summed E-state index contributed by atoms with van der Waals surface area (Å²) in [6.07, 6.45) is 7.11. The van der Waals surface area contributed by atoms with Crippen LogP contribution in [0.4, 0.5) is 0 Å². The summed E-state index contributed by atoms with van der Waals surface area (Å²) in [7, 11) is 0. The van der Waals surface area contributed by atoms with Crippen molar-refractivity contribution in [3.63, 3.8) is 0 Å². The van der Waals surface area contributed by atoms with Gasteiger partial charge in [0.25, 0.3) is 0 Å². The fourth-order valence-electron chi connectivity index (χ4n) is 2.50. The Kier molecular flexibility index (Phi) is 13.5. The number of Topliss-reactive ketones (excluding diaryl/α,β-unsaturated/α-hetero) is 1. The normalized spacial score (nSPS) is 13.8. The van der Waals surface area contributed by atoms with Gasteiger partial charge in [0.05, 0.1) is 6.04 Å². The maximum absolute atomic E-state index is 11.8. The fourth-order valence-corrected chi connectivity index (χ4v) is 2.68. The Hall–Kier alpha value is -0.550. The molecular formula is C18H36N2O2S. The molecule has 0 aliphatic rings. The van der Waals surface area contributed by atoms with Gasteiger partial charge in [0.15, 0.2) is 0 Å². The van der Waals surface area contributed by atoms with Gasteiger partial charge in [-0.2, -0.15) is 12.6 Å². The lowest BCUT2D eigenvalue weighted by atomic mass is 10.0. The number of amides is 1. The number of rotatable bonds is 14. The first kappa shape index (κ1) is 22.4. The minimum Gasteiger partial charge on any atom is -0.356 e. The summed E-state index contributed by atoms with van der Waals surface area (Å²) >= 11 is 4.29. The lowest BCUT2D eigenvalue weighted by Crippen LogP contribution is -2.39. The fraction of sp³-hybridized carbons (Fsp3) is 0.889. The Bertz CT molecular complexity index is 333. The van der Waals surface area contributed by atoms with Gasteiger partial charge < -0.3 is 5.32 Å². The van der Waals surface area contributed by atoms with Gasteiger partial charge in [-0.1, -0.05) is 33.6 Å². The number of carbonyl (C=O) groups excluding carboxylic acids is 2. The number of hydrogen-bond acceptors (Lipinski definition) is 4. The van der Waals surface area contributed by atoms with E-state index in [9.17, 15) is 9.59 Å². The standard InChI is InChI=1S/C18H36N2O2S/c1-5-17(21)16(20-15(4)23)11-8-9-13-19-18(22)12-7-6-10-14(2)3/h14-16,20,23H,5-13H2,1-4H3,(H,19,22). The van der Waals surface area contributed by atoms with Crippen LogP contribution in [0.5, 0.6) is 0 Å². The molecular weight excluding hydrogens is 308 g/mol. The highest BCUT2D eigenvalue weighted by molar-refractivity contribution is 7.80. The van der Waals surface area contributed by atoms with E-state index in [4.69, 9.17) is 0 Å². The molecule has 0 aromatic rings. The van der Waals surface area contributed by atoms with E-state index in [1.807, 2.05) is 13.8 Å². The molecule has 2 N–H and O–H groups in total. The zero-order valence-electron chi connectivity index (χ0n) is 15.4. The molecule has 0 heterocycles. The highest BCUT2D eigenvalue weighted by Gasteiger charge is 2.16. The number of nitrogens with one attached hydrogen (secondary N) is 2. The number of hydrogen-bond donors (Lipinski definition) is 3. The summed E-state index contributed by atoms with van der Waals surface area (Å²) < 4.78 is 0. The van der Waals surface area contributed by atoms with Gasteiger partial charge >= 0.3 is 0 Å². The SMILES string of the molecule is CCC(=O)C(CCCCNC(=O)CCCCC(C)C)NC(C)S. The van der Waals surface area contributed by atoms with Crippen molar-refractivity contribution in [2.24, 2.45) is 5.92 Å². The molecule has 0 aliphatic carbocycles. The molecule has 2 atom stereocenters. The predicted molar refractivity (Wildman–Crippen MR) is 101 cm³/mol. The third-order valence-corrected chi connectivity index (χ3v) is 4.01. The summed E-state index contributed by atoms with van der Waals surface area (Å²) in [5, 5.41) is 6.18. The monoisotopic (exact) mass is 344 g/mol. The Morgan fingerprint density at radius 1 is 1.00 bits per heavy atom. The van der Waals surface area contributed by atoms with Crippen LogP contribution in [0.15, 0.2) is 0 Å². The Labute approximate surface area is 148 Å². The molecule has 0 aliphatic heterocycles. The van der Waals surface area contributed by atoms with Gasteiger partial charge in [0.2, 0.25) is 5.91 Å². The minimum atomic E-state index is -0.112. The van der Waals surface area contributed by atoms with Gasteiger partial charge in [-0.25, -0.2) is 0 Å². The second kappa shape index (κ2) is 13.8. The van der Waals surface area contributed by atoms with E-state index in [2.05, 4.69) is 37.1 Å². The molecule has 0 spiro atoms. The van der Waals surface area contributed by atoms with Crippen LogP contribution in [0, 0.1) is 5.92 Å². The van der Waals surface area contributed by atoms with Crippen LogP contribution in [0.1, 0.15) is 79.1 Å². The zero-order valence-corrected chi connectivity index (χ0v) is 16.3. The van der Waals surface area contributed by atoms with E-state index in [0.29, 0.717) is 25.3 Å². The molecule has 23 heavy (non-hydrogen) atoms. The summed E-state index contributed by atoms with van der Waals surface area (Å²) in [6, 6.07) is -0.112. The maximum Gasteiger partial charge on any atom is 0.219 e. The lowest BCUT2D eigenvalue weighted by molar-refractivity contribution is -0.122. The van der Waals surface area contributed by atoms with Crippen molar-refractivity contribution < 1.29 is 9.59 Å².